The molecule has 2 heterocycles. The lowest BCUT2D eigenvalue weighted by atomic mass is 9.97. The van der Waals surface area contributed by atoms with Crippen molar-refractivity contribution in [2.75, 3.05) is 19.8 Å². The van der Waals surface area contributed by atoms with Crippen molar-refractivity contribution in [3.63, 3.8) is 0 Å². The highest BCUT2D eigenvalue weighted by atomic mass is 32.1. The molecule has 1 N–H and O–H groups in total. The first-order valence-corrected chi connectivity index (χ1v) is 7.13. The molecule has 0 spiro atoms. The van der Waals surface area contributed by atoms with Gasteiger partial charge in [0.15, 0.2) is 10.8 Å². The van der Waals surface area contributed by atoms with Crippen LogP contribution < -0.4 is 5.32 Å². The maximum Gasteiger partial charge on any atom is 0.443 e. The van der Waals surface area contributed by atoms with Crippen LogP contribution in [0.3, 0.4) is 0 Å². The highest BCUT2D eigenvalue weighted by molar-refractivity contribution is 7.13. The van der Waals surface area contributed by atoms with E-state index in [0.29, 0.717) is 17.9 Å². The number of carbonyl (C=O) groups excluding carboxylic acids is 1. The first-order valence-electron chi connectivity index (χ1n) is 6.31. The van der Waals surface area contributed by atoms with Gasteiger partial charge in [0.1, 0.15) is 0 Å². The van der Waals surface area contributed by atoms with Crippen LogP contribution in [0, 0.1) is 5.92 Å². The van der Waals surface area contributed by atoms with Gasteiger partial charge in [-0.25, -0.2) is 4.98 Å². The summed E-state index contributed by atoms with van der Waals surface area (Å²) in [5.41, 5.74) is 0. The standard InChI is InChI=1S/C12H15F3N2O2S/c1-2-3-16-8-6-19-5-7(8)10(18)9-4-17-11(20-9)12(13,14)15/h4,7-8,16H,2-3,5-6H2,1H3. The zero-order chi connectivity index (χ0) is 14.8. The summed E-state index contributed by atoms with van der Waals surface area (Å²) >= 11 is 0.392. The average Bonchev–Trinajstić information content (AvgIpc) is 3.03. The van der Waals surface area contributed by atoms with E-state index in [9.17, 15) is 18.0 Å². The van der Waals surface area contributed by atoms with E-state index in [1.807, 2.05) is 6.92 Å². The van der Waals surface area contributed by atoms with Gasteiger partial charge in [0.25, 0.3) is 0 Å². The van der Waals surface area contributed by atoms with Crippen molar-refractivity contribution in [3.8, 4) is 0 Å². The van der Waals surface area contributed by atoms with E-state index in [-0.39, 0.29) is 23.3 Å². The number of ether oxygens (including phenoxy) is 1. The summed E-state index contributed by atoms with van der Waals surface area (Å²) in [5.74, 6) is -0.771. The Balaban J connectivity index is 2.08. The molecule has 1 saturated heterocycles. The Morgan fingerprint density at radius 1 is 1.55 bits per heavy atom. The molecule has 1 fully saturated rings. The van der Waals surface area contributed by atoms with Gasteiger partial charge in [-0.2, -0.15) is 13.2 Å². The van der Waals surface area contributed by atoms with E-state index in [2.05, 4.69) is 10.3 Å². The third-order valence-corrected chi connectivity index (χ3v) is 4.12. The number of ketones is 1. The van der Waals surface area contributed by atoms with Gasteiger partial charge in [-0.05, 0) is 13.0 Å². The smallest absolute Gasteiger partial charge is 0.379 e. The lowest BCUT2D eigenvalue weighted by Crippen LogP contribution is -2.39. The molecule has 2 rings (SSSR count). The van der Waals surface area contributed by atoms with Gasteiger partial charge in [-0.15, -0.1) is 11.3 Å². The number of carbonyl (C=O) groups is 1. The number of Topliss-reactive ketones (excluding diaryl/α,β-unsaturated/α-hetero) is 1. The molecule has 8 heteroatoms. The zero-order valence-electron chi connectivity index (χ0n) is 10.9. The summed E-state index contributed by atoms with van der Waals surface area (Å²) in [6, 6.07) is -0.140. The minimum atomic E-state index is -4.50. The molecule has 0 aliphatic carbocycles. The summed E-state index contributed by atoms with van der Waals surface area (Å²) in [4.78, 5) is 15.6. The second-order valence-corrected chi connectivity index (χ2v) is 5.63. The Morgan fingerprint density at radius 3 is 2.90 bits per heavy atom. The van der Waals surface area contributed by atoms with Crippen LogP contribution in [-0.2, 0) is 10.9 Å². The van der Waals surface area contributed by atoms with Crippen molar-refractivity contribution in [3.05, 3.63) is 16.1 Å². The van der Waals surface area contributed by atoms with Gasteiger partial charge in [0.05, 0.1) is 24.0 Å². The molecule has 0 amide bonds. The van der Waals surface area contributed by atoms with E-state index in [1.54, 1.807) is 0 Å². The molecule has 0 bridgehead atoms. The van der Waals surface area contributed by atoms with Gasteiger partial charge >= 0.3 is 6.18 Å². The third-order valence-electron chi connectivity index (χ3n) is 3.06. The molecular formula is C12H15F3N2O2S. The van der Waals surface area contributed by atoms with Crippen LogP contribution in [0.25, 0.3) is 0 Å². The van der Waals surface area contributed by atoms with Crippen molar-refractivity contribution in [2.45, 2.75) is 25.6 Å². The number of hydrogen-bond acceptors (Lipinski definition) is 5. The van der Waals surface area contributed by atoms with E-state index in [4.69, 9.17) is 4.74 Å². The molecule has 0 saturated carbocycles. The van der Waals surface area contributed by atoms with Crippen LogP contribution in [0.2, 0.25) is 0 Å². The highest BCUT2D eigenvalue weighted by Gasteiger charge is 2.38. The summed E-state index contributed by atoms with van der Waals surface area (Å²) in [6.07, 6.45) is -2.59. The Morgan fingerprint density at radius 2 is 2.30 bits per heavy atom. The SMILES string of the molecule is CCCNC1COCC1C(=O)c1cnc(C(F)(F)F)s1. The lowest BCUT2D eigenvalue weighted by molar-refractivity contribution is -0.137. The molecule has 1 aromatic heterocycles. The monoisotopic (exact) mass is 308 g/mol. The van der Waals surface area contributed by atoms with Crippen molar-refractivity contribution in [1.29, 1.82) is 0 Å². The fraction of sp³-hybridized carbons (Fsp3) is 0.667. The van der Waals surface area contributed by atoms with Crippen molar-refractivity contribution in [2.24, 2.45) is 5.92 Å². The van der Waals surface area contributed by atoms with E-state index >= 15 is 0 Å². The second-order valence-electron chi connectivity index (χ2n) is 4.60. The second kappa shape index (κ2) is 6.19. The molecule has 1 aliphatic rings. The van der Waals surface area contributed by atoms with Crippen LogP contribution in [0.5, 0.6) is 0 Å². The van der Waals surface area contributed by atoms with Crippen LogP contribution in [0.4, 0.5) is 13.2 Å². The Labute approximate surface area is 118 Å². The predicted molar refractivity (Wildman–Crippen MR) is 67.8 cm³/mol. The molecule has 0 aromatic carbocycles. The van der Waals surface area contributed by atoms with Crippen LogP contribution in [0.15, 0.2) is 6.20 Å². The molecule has 1 aromatic rings. The zero-order valence-corrected chi connectivity index (χ0v) is 11.7. The average molecular weight is 308 g/mol. The fourth-order valence-electron chi connectivity index (χ4n) is 2.05. The molecule has 112 valence electrons. The molecule has 1 aliphatic heterocycles. The van der Waals surface area contributed by atoms with Gasteiger partial charge in [0, 0.05) is 12.2 Å². The fourth-order valence-corrected chi connectivity index (χ4v) is 2.83. The minimum absolute atomic E-state index is 0.0381. The number of aromatic nitrogens is 1. The topological polar surface area (TPSA) is 51.2 Å². The summed E-state index contributed by atoms with van der Waals surface area (Å²) in [6.45, 7) is 3.38. The first-order chi connectivity index (χ1) is 9.43. The van der Waals surface area contributed by atoms with Crippen molar-refractivity contribution in [1.82, 2.24) is 10.3 Å². The number of thiazole rings is 1. The van der Waals surface area contributed by atoms with Crippen molar-refractivity contribution < 1.29 is 22.7 Å². The first kappa shape index (κ1) is 15.4. The van der Waals surface area contributed by atoms with E-state index < -0.39 is 17.1 Å². The minimum Gasteiger partial charge on any atom is -0.379 e. The number of alkyl halides is 3. The molecular weight excluding hydrogens is 293 g/mol. The van der Waals surface area contributed by atoms with Crippen molar-refractivity contribution >= 4 is 17.1 Å². The highest BCUT2D eigenvalue weighted by Crippen LogP contribution is 2.33. The maximum atomic E-state index is 12.5. The summed E-state index contributed by atoms with van der Waals surface area (Å²) in [5, 5.41) is 2.20. The summed E-state index contributed by atoms with van der Waals surface area (Å²) < 4.78 is 42.7. The number of hydrogen-bond donors (Lipinski definition) is 1. The molecule has 0 radical (unpaired) electrons. The molecule has 20 heavy (non-hydrogen) atoms. The van der Waals surface area contributed by atoms with Gasteiger partial charge in [-0.3, -0.25) is 4.79 Å². The predicted octanol–water partition coefficient (Wildman–Crippen LogP) is 2.36. The van der Waals surface area contributed by atoms with Gasteiger partial charge in [0.2, 0.25) is 0 Å². The van der Waals surface area contributed by atoms with Crippen LogP contribution in [-0.4, -0.2) is 36.6 Å². The lowest BCUT2D eigenvalue weighted by Gasteiger charge is -2.16. The van der Waals surface area contributed by atoms with E-state index in [0.717, 1.165) is 19.2 Å². The Kier molecular flexibility index (Phi) is 4.77. The molecule has 2 atom stereocenters. The number of rotatable bonds is 5. The molecule has 4 nitrogen and oxygen atoms in total. The Hall–Kier alpha value is -0.990. The van der Waals surface area contributed by atoms with Gasteiger partial charge < -0.3 is 10.1 Å². The maximum absolute atomic E-state index is 12.5. The van der Waals surface area contributed by atoms with E-state index in [1.165, 1.54) is 0 Å². The number of halogens is 3. The van der Waals surface area contributed by atoms with Crippen LogP contribution in [0.1, 0.15) is 28.0 Å². The largest absolute Gasteiger partial charge is 0.443 e. The normalized spacial score (nSPS) is 23.2. The number of nitrogens with one attached hydrogen (secondary N) is 1. The quantitative estimate of drug-likeness (QED) is 0.849. The number of nitrogens with zero attached hydrogens (tertiary/aromatic N) is 1. The van der Waals surface area contributed by atoms with Crippen LogP contribution >= 0.6 is 11.3 Å². The molecule has 2 unspecified atom stereocenters. The Bertz CT molecular complexity index is 476. The summed E-state index contributed by atoms with van der Waals surface area (Å²) in [7, 11) is 0. The van der Waals surface area contributed by atoms with Gasteiger partial charge in [-0.1, -0.05) is 6.92 Å². The third kappa shape index (κ3) is 3.36.